The van der Waals surface area contributed by atoms with Crippen molar-refractivity contribution in [2.45, 2.75) is 12.8 Å². The number of anilines is 1. The van der Waals surface area contributed by atoms with Gasteiger partial charge in [-0.15, -0.1) is 0 Å². The topological polar surface area (TPSA) is 95.9 Å². The Morgan fingerprint density at radius 1 is 1.36 bits per heavy atom. The molecule has 0 aromatic heterocycles. The number of halogens is 1. The predicted octanol–water partition coefficient (Wildman–Crippen LogP) is 1.44. The number of phenols is 1. The van der Waals surface area contributed by atoms with Gasteiger partial charge in [-0.3, -0.25) is 4.79 Å². The summed E-state index contributed by atoms with van der Waals surface area (Å²) in [6.07, 6.45) is 1.43. The van der Waals surface area contributed by atoms with Crippen LogP contribution in [0.1, 0.15) is 12.0 Å². The van der Waals surface area contributed by atoms with Crippen molar-refractivity contribution < 1.29 is 27.4 Å². The summed E-state index contributed by atoms with van der Waals surface area (Å²) in [6.45, 7) is -0.00695. The summed E-state index contributed by atoms with van der Waals surface area (Å²) < 4.78 is 46.2. The Morgan fingerprint density at radius 2 is 2.12 bits per heavy atom. The van der Waals surface area contributed by atoms with Crippen molar-refractivity contribution in [1.82, 2.24) is 4.72 Å². The van der Waals surface area contributed by atoms with Crippen LogP contribution in [0.25, 0.3) is 10.8 Å². The van der Waals surface area contributed by atoms with Gasteiger partial charge in [0, 0.05) is 19.1 Å². The number of hydrogen-bond donors (Lipinski definition) is 2. The van der Waals surface area contributed by atoms with Crippen LogP contribution in [0.4, 0.5) is 10.1 Å². The number of phenolic OH excluding ortho intramolecular Hbond substituents is 1. The first-order chi connectivity index (χ1) is 11.8. The maximum Gasteiger partial charge on any atom is 0.326 e. The fraction of sp³-hybridized carbons (Fsp3) is 0.312. The van der Waals surface area contributed by atoms with Crippen LogP contribution in [0.3, 0.4) is 0 Å². The van der Waals surface area contributed by atoms with Gasteiger partial charge in [0.25, 0.3) is 5.91 Å². The van der Waals surface area contributed by atoms with Gasteiger partial charge in [0.2, 0.25) is 0 Å². The minimum Gasteiger partial charge on any atom is -0.506 e. The number of fused-ring (bicyclic) bond motifs is 1. The molecule has 7 nitrogen and oxygen atoms in total. The highest BCUT2D eigenvalue weighted by molar-refractivity contribution is 7.92. The van der Waals surface area contributed by atoms with Gasteiger partial charge in [0.15, 0.2) is 5.82 Å². The second-order valence-corrected chi connectivity index (χ2v) is 7.34. The van der Waals surface area contributed by atoms with Crippen LogP contribution in [0.5, 0.6) is 5.75 Å². The van der Waals surface area contributed by atoms with E-state index in [0.29, 0.717) is 22.7 Å². The van der Waals surface area contributed by atoms with Gasteiger partial charge in [0.05, 0.1) is 0 Å². The molecular weight excluding hydrogens is 351 g/mol. The van der Waals surface area contributed by atoms with E-state index in [1.54, 1.807) is 24.0 Å². The van der Waals surface area contributed by atoms with E-state index in [-0.39, 0.29) is 5.39 Å². The molecule has 25 heavy (non-hydrogen) atoms. The Hall–Kier alpha value is -2.39. The third kappa shape index (κ3) is 3.24. The van der Waals surface area contributed by atoms with Crippen LogP contribution in [0.2, 0.25) is 0 Å². The van der Waals surface area contributed by atoms with Crippen LogP contribution in [0.15, 0.2) is 24.3 Å². The molecule has 2 N–H and O–H groups in total. The highest BCUT2D eigenvalue weighted by Crippen LogP contribution is 2.38. The first kappa shape index (κ1) is 17.4. The molecule has 2 aromatic rings. The van der Waals surface area contributed by atoms with Crippen molar-refractivity contribution in [1.29, 1.82) is 0 Å². The zero-order valence-corrected chi connectivity index (χ0v) is 14.3. The second kappa shape index (κ2) is 6.49. The molecule has 0 radical (unpaired) electrons. The Bertz CT molecular complexity index is 945. The summed E-state index contributed by atoms with van der Waals surface area (Å²) in [5, 5.41) is 10.7. The molecule has 1 aliphatic rings. The van der Waals surface area contributed by atoms with Crippen molar-refractivity contribution in [2.24, 2.45) is 0 Å². The summed E-state index contributed by atoms with van der Waals surface area (Å²) in [5.41, 5.74) is 0.332. The lowest BCUT2D eigenvalue weighted by atomic mass is 10.0. The molecule has 9 heteroatoms. The maximum atomic E-state index is 15.0. The van der Waals surface area contributed by atoms with Crippen molar-refractivity contribution in [2.75, 3.05) is 24.6 Å². The van der Waals surface area contributed by atoms with Gasteiger partial charge in [-0.2, -0.15) is 8.42 Å². The standard InChI is InChI=1S/C16H17FN2O5S/c1-24-6-2-3-10-4-5-11-8-13(20)16(15(17)12(11)7-10)19-9-14(21)18-25(19,22)23/h4-5,7-8,20H,2-3,6,9H2,1H3,(H,18,21). The van der Waals surface area contributed by atoms with E-state index < -0.39 is 39.9 Å². The molecule has 1 fully saturated rings. The first-order valence-corrected chi connectivity index (χ1v) is 9.04. The molecular formula is C16H17FN2O5S. The number of rotatable bonds is 5. The normalized spacial score (nSPS) is 16.4. The number of methoxy groups -OCH3 is 1. The SMILES string of the molecule is COCCCc1ccc2cc(O)c(N3CC(=O)NS3(=O)=O)c(F)c2c1. The highest BCUT2D eigenvalue weighted by Gasteiger charge is 2.37. The fourth-order valence-electron chi connectivity index (χ4n) is 2.83. The number of nitrogens with zero attached hydrogens (tertiary/aromatic N) is 1. The Balaban J connectivity index is 2.09. The van der Waals surface area contributed by atoms with Gasteiger partial charge in [-0.1, -0.05) is 12.1 Å². The summed E-state index contributed by atoms with van der Waals surface area (Å²) in [5.74, 6) is -2.21. The third-order valence-corrected chi connectivity index (χ3v) is 5.36. The predicted molar refractivity (Wildman–Crippen MR) is 90.2 cm³/mol. The smallest absolute Gasteiger partial charge is 0.326 e. The third-order valence-electron chi connectivity index (χ3n) is 3.98. The Kier molecular flexibility index (Phi) is 4.53. The zero-order chi connectivity index (χ0) is 18.2. The van der Waals surface area contributed by atoms with E-state index in [1.807, 2.05) is 6.07 Å². The van der Waals surface area contributed by atoms with Crippen LogP contribution in [-0.4, -0.2) is 39.7 Å². The molecule has 0 unspecified atom stereocenters. The van der Waals surface area contributed by atoms with Gasteiger partial charge < -0.3 is 9.84 Å². The van der Waals surface area contributed by atoms with E-state index in [2.05, 4.69) is 0 Å². The van der Waals surface area contributed by atoms with Gasteiger partial charge in [-0.05, 0) is 35.9 Å². The van der Waals surface area contributed by atoms with Crippen LogP contribution >= 0.6 is 0 Å². The summed E-state index contributed by atoms with van der Waals surface area (Å²) >= 11 is 0. The molecule has 1 aliphatic heterocycles. The number of ether oxygens (including phenoxy) is 1. The number of amides is 1. The van der Waals surface area contributed by atoms with Crippen molar-refractivity contribution >= 4 is 32.6 Å². The summed E-state index contributed by atoms with van der Waals surface area (Å²) in [6, 6.07) is 6.37. The maximum absolute atomic E-state index is 15.0. The summed E-state index contributed by atoms with van der Waals surface area (Å²) in [7, 11) is -2.62. The van der Waals surface area contributed by atoms with Gasteiger partial charge in [0.1, 0.15) is 18.0 Å². The minimum absolute atomic E-state index is 0.178. The number of carbonyl (C=O) groups excluding carboxylic acids is 1. The molecule has 1 amide bonds. The highest BCUT2D eigenvalue weighted by atomic mass is 32.2. The van der Waals surface area contributed by atoms with Crippen LogP contribution in [0, 0.1) is 5.82 Å². The van der Waals surface area contributed by atoms with E-state index in [4.69, 9.17) is 4.74 Å². The average molecular weight is 368 g/mol. The lowest BCUT2D eigenvalue weighted by Gasteiger charge is -2.18. The number of aromatic hydroxyl groups is 1. The average Bonchev–Trinajstić information content (AvgIpc) is 2.81. The number of benzene rings is 2. The lowest BCUT2D eigenvalue weighted by Crippen LogP contribution is -2.30. The zero-order valence-electron chi connectivity index (χ0n) is 13.5. The quantitative estimate of drug-likeness (QED) is 0.779. The minimum atomic E-state index is -4.21. The van der Waals surface area contributed by atoms with Gasteiger partial charge in [-0.25, -0.2) is 13.4 Å². The molecule has 1 heterocycles. The molecule has 0 saturated carbocycles. The summed E-state index contributed by atoms with van der Waals surface area (Å²) in [4.78, 5) is 11.4. The number of carbonyl (C=O) groups is 1. The lowest BCUT2D eigenvalue weighted by molar-refractivity contribution is -0.117. The molecule has 3 rings (SSSR count). The van der Waals surface area contributed by atoms with Crippen molar-refractivity contribution in [3.05, 3.63) is 35.6 Å². The molecule has 1 saturated heterocycles. The Labute approximate surface area is 144 Å². The molecule has 134 valence electrons. The number of aryl methyl sites for hydroxylation is 1. The van der Waals surface area contributed by atoms with E-state index in [1.165, 1.54) is 6.07 Å². The molecule has 0 atom stereocenters. The van der Waals surface area contributed by atoms with E-state index in [0.717, 1.165) is 12.0 Å². The largest absolute Gasteiger partial charge is 0.506 e. The first-order valence-electron chi connectivity index (χ1n) is 7.60. The van der Waals surface area contributed by atoms with Crippen molar-refractivity contribution in [3.63, 3.8) is 0 Å². The molecule has 2 aromatic carbocycles. The number of hydrogen-bond acceptors (Lipinski definition) is 5. The van der Waals surface area contributed by atoms with Crippen LogP contribution in [-0.2, 0) is 26.2 Å². The second-order valence-electron chi connectivity index (χ2n) is 5.75. The van der Waals surface area contributed by atoms with Crippen molar-refractivity contribution in [3.8, 4) is 5.75 Å². The Morgan fingerprint density at radius 3 is 2.76 bits per heavy atom. The van der Waals surface area contributed by atoms with Crippen LogP contribution < -0.4 is 9.03 Å². The van der Waals surface area contributed by atoms with Gasteiger partial charge >= 0.3 is 10.2 Å². The van der Waals surface area contributed by atoms with E-state index >= 15 is 0 Å². The molecule has 0 spiro atoms. The molecule has 0 bridgehead atoms. The fourth-order valence-corrected chi connectivity index (χ4v) is 4.00. The molecule has 0 aliphatic carbocycles. The van der Waals surface area contributed by atoms with E-state index in [9.17, 15) is 22.7 Å². The number of nitrogens with one attached hydrogen (secondary N) is 1. The monoisotopic (exact) mass is 368 g/mol.